The Kier molecular flexibility index (Phi) is 9.11. The first-order valence-electron chi connectivity index (χ1n) is 20.5. The maximum Gasteiger partial charge on any atom is 0.0462 e. The van der Waals surface area contributed by atoms with Gasteiger partial charge < -0.3 is 4.90 Å². The summed E-state index contributed by atoms with van der Waals surface area (Å²) in [5.41, 5.74) is 15.4. The van der Waals surface area contributed by atoms with Crippen LogP contribution in [0.25, 0.3) is 86.6 Å². The van der Waals surface area contributed by atoms with Gasteiger partial charge in [0.05, 0.1) is 0 Å². The fourth-order valence-corrected chi connectivity index (χ4v) is 9.56. The Hall–Kier alpha value is -7.52. The zero-order chi connectivity index (χ0) is 39.8. The Balaban J connectivity index is 0.880. The summed E-state index contributed by atoms with van der Waals surface area (Å²) in [5.74, 6) is 0. The summed E-state index contributed by atoms with van der Waals surface area (Å²) in [7, 11) is 0. The van der Waals surface area contributed by atoms with E-state index in [4.69, 9.17) is 0 Å². The molecule has 0 saturated heterocycles. The van der Waals surface area contributed by atoms with E-state index in [-0.39, 0.29) is 0 Å². The molecule has 2 heteroatoms. The second kappa shape index (κ2) is 15.3. The second-order valence-electron chi connectivity index (χ2n) is 15.4. The number of benzene rings is 10. The molecule has 11 rings (SSSR count). The molecular formula is C58H39NS. The first-order valence-corrected chi connectivity index (χ1v) is 21.3. The van der Waals surface area contributed by atoms with E-state index in [0.717, 1.165) is 17.1 Å². The number of nitrogens with zero attached hydrogens (tertiary/aromatic N) is 1. The van der Waals surface area contributed by atoms with E-state index in [2.05, 4.69) is 241 Å². The summed E-state index contributed by atoms with van der Waals surface area (Å²) < 4.78 is 2.67. The minimum absolute atomic E-state index is 1.10. The van der Waals surface area contributed by atoms with Crippen molar-refractivity contribution in [3.05, 3.63) is 237 Å². The number of hydrogen-bond acceptors (Lipinski definition) is 2. The van der Waals surface area contributed by atoms with Gasteiger partial charge in [-0.1, -0.05) is 176 Å². The van der Waals surface area contributed by atoms with Gasteiger partial charge in [-0.15, -0.1) is 11.3 Å². The van der Waals surface area contributed by atoms with Gasteiger partial charge in [0.1, 0.15) is 0 Å². The maximum absolute atomic E-state index is 2.35. The maximum atomic E-state index is 2.35. The van der Waals surface area contributed by atoms with Crippen LogP contribution in [0.2, 0.25) is 0 Å². The standard InChI is InChI=1S/C58H39NS/c1-2-8-40(9-3-1)44-24-31-52(32-25-44)59(53-33-26-45(27-34-53)42-14-18-47(19-15-42)50-23-22-41-10-4-5-11-49(41)38-50)54-35-28-46(29-36-54)43-16-20-48(21-17-43)51-30-37-58-56(39-51)55-12-6-7-13-57(55)60-58/h1-39H. The van der Waals surface area contributed by atoms with E-state index in [1.807, 2.05) is 11.3 Å². The van der Waals surface area contributed by atoms with Crippen LogP contribution in [-0.2, 0) is 0 Å². The molecule has 0 N–H and O–H groups in total. The molecule has 0 saturated carbocycles. The van der Waals surface area contributed by atoms with Crippen molar-refractivity contribution in [2.24, 2.45) is 0 Å². The number of hydrogen-bond donors (Lipinski definition) is 0. The highest BCUT2D eigenvalue weighted by Gasteiger charge is 2.15. The van der Waals surface area contributed by atoms with Crippen LogP contribution < -0.4 is 4.90 Å². The molecule has 10 aromatic carbocycles. The fraction of sp³-hybridized carbons (Fsp3) is 0. The van der Waals surface area contributed by atoms with Crippen LogP contribution in [0.5, 0.6) is 0 Å². The van der Waals surface area contributed by atoms with Gasteiger partial charge in [-0.05, 0) is 127 Å². The predicted molar refractivity (Wildman–Crippen MR) is 259 cm³/mol. The zero-order valence-corrected chi connectivity index (χ0v) is 33.7. The molecule has 0 radical (unpaired) electrons. The molecule has 1 heterocycles. The van der Waals surface area contributed by atoms with E-state index >= 15 is 0 Å². The summed E-state index contributed by atoms with van der Waals surface area (Å²) in [6.45, 7) is 0. The average molecular weight is 782 g/mol. The summed E-state index contributed by atoms with van der Waals surface area (Å²) in [4.78, 5) is 2.35. The fourth-order valence-electron chi connectivity index (χ4n) is 8.47. The van der Waals surface area contributed by atoms with Gasteiger partial charge in [-0.2, -0.15) is 0 Å². The van der Waals surface area contributed by atoms with E-state index in [9.17, 15) is 0 Å². The molecule has 0 aliphatic carbocycles. The first kappa shape index (κ1) is 35.6. The third-order valence-electron chi connectivity index (χ3n) is 11.7. The number of thiophene rings is 1. The number of rotatable bonds is 8. The molecule has 1 aromatic heterocycles. The van der Waals surface area contributed by atoms with Crippen LogP contribution in [0.3, 0.4) is 0 Å². The van der Waals surface area contributed by atoms with Crippen molar-refractivity contribution < 1.29 is 0 Å². The van der Waals surface area contributed by atoms with Crippen LogP contribution in [0.15, 0.2) is 237 Å². The third-order valence-corrected chi connectivity index (χ3v) is 12.9. The lowest BCUT2D eigenvalue weighted by molar-refractivity contribution is 1.28. The summed E-state index contributed by atoms with van der Waals surface area (Å²) >= 11 is 1.86. The SMILES string of the molecule is c1ccc(-c2ccc(N(c3ccc(-c4ccc(-c5ccc6ccccc6c5)cc4)cc3)c3ccc(-c4ccc(-c5ccc6sc7ccccc7c6c5)cc4)cc3)cc2)cc1. The number of anilines is 3. The van der Waals surface area contributed by atoms with Crippen LogP contribution in [-0.4, -0.2) is 0 Å². The minimum atomic E-state index is 1.10. The highest BCUT2D eigenvalue weighted by molar-refractivity contribution is 7.25. The van der Waals surface area contributed by atoms with Crippen molar-refractivity contribution in [1.82, 2.24) is 0 Å². The Morgan fingerprint density at radius 2 is 0.600 bits per heavy atom. The molecule has 0 fully saturated rings. The van der Waals surface area contributed by atoms with Crippen LogP contribution in [0, 0.1) is 0 Å². The largest absolute Gasteiger partial charge is 0.311 e. The Labute approximate surface area is 354 Å². The lowest BCUT2D eigenvalue weighted by Gasteiger charge is -2.26. The van der Waals surface area contributed by atoms with E-state index in [1.54, 1.807) is 0 Å². The Morgan fingerprint density at radius 3 is 1.15 bits per heavy atom. The monoisotopic (exact) mass is 781 g/mol. The zero-order valence-electron chi connectivity index (χ0n) is 32.9. The van der Waals surface area contributed by atoms with Crippen LogP contribution in [0.4, 0.5) is 17.1 Å². The molecule has 0 aliphatic heterocycles. The van der Waals surface area contributed by atoms with Crippen LogP contribution >= 0.6 is 11.3 Å². The van der Waals surface area contributed by atoms with E-state index < -0.39 is 0 Å². The molecule has 0 aliphatic rings. The molecule has 1 nitrogen and oxygen atoms in total. The Morgan fingerprint density at radius 1 is 0.233 bits per heavy atom. The molecule has 0 bridgehead atoms. The van der Waals surface area contributed by atoms with Crippen molar-refractivity contribution >= 4 is 59.3 Å². The van der Waals surface area contributed by atoms with Crippen LogP contribution in [0.1, 0.15) is 0 Å². The normalized spacial score (nSPS) is 11.3. The smallest absolute Gasteiger partial charge is 0.0462 e. The van der Waals surface area contributed by atoms with Gasteiger partial charge in [-0.3, -0.25) is 0 Å². The first-order chi connectivity index (χ1) is 29.7. The second-order valence-corrected chi connectivity index (χ2v) is 16.5. The highest BCUT2D eigenvalue weighted by Crippen LogP contribution is 2.40. The minimum Gasteiger partial charge on any atom is -0.311 e. The number of fused-ring (bicyclic) bond motifs is 4. The molecule has 60 heavy (non-hydrogen) atoms. The lowest BCUT2D eigenvalue weighted by atomic mass is 9.98. The Bertz CT molecular complexity index is 3250. The van der Waals surface area contributed by atoms with Crippen molar-refractivity contribution in [3.8, 4) is 55.6 Å². The van der Waals surface area contributed by atoms with E-state index in [0.29, 0.717) is 0 Å². The quantitative estimate of drug-likeness (QED) is 0.148. The van der Waals surface area contributed by atoms with Gasteiger partial charge in [0, 0.05) is 37.2 Å². The molecule has 0 unspecified atom stereocenters. The van der Waals surface area contributed by atoms with Crippen molar-refractivity contribution in [1.29, 1.82) is 0 Å². The molecule has 0 amide bonds. The molecule has 0 atom stereocenters. The summed E-state index contributed by atoms with van der Waals surface area (Å²) in [5, 5.41) is 5.18. The summed E-state index contributed by atoms with van der Waals surface area (Å²) in [6.07, 6.45) is 0. The van der Waals surface area contributed by atoms with Gasteiger partial charge in [0.15, 0.2) is 0 Å². The third kappa shape index (κ3) is 6.83. The van der Waals surface area contributed by atoms with Gasteiger partial charge in [0.2, 0.25) is 0 Å². The predicted octanol–water partition coefficient (Wildman–Crippen LogP) is 17.0. The van der Waals surface area contributed by atoms with Gasteiger partial charge >= 0.3 is 0 Å². The highest BCUT2D eigenvalue weighted by atomic mass is 32.1. The topological polar surface area (TPSA) is 3.24 Å². The van der Waals surface area contributed by atoms with Crippen molar-refractivity contribution in [2.45, 2.75) is 0 Å². The average Bonchev–Trinajstić information content (AvgIpc) is 3.71. The van der Waals surface area contributed by atoms with Gasteiger partial charge in [-0.25, -0.2) is 0 Å². The van der Waals surface area contributed by atoms with Crippen molar-refractivity contribution in [2.75, 3.05) is 4.90 Å². The molecule has 282 valence electrons. The summed E-state index contributed by atoms with van der Waals surface area (Å²) in [6, 6.07) is 86.1. The van der Waals surface area contributed by atoms with Gasteiger partial charge in [0.25, 0.3) is 0 Å². The molecular weight excluding hydrogens is 743 g/mol. The molecule has 0 spiro atoms. The lowest BCUT2D eigenvalue weighted by Crippen LogP contribution is -2.09. The van der Waals surface area contributed by atoms with Crippen molar-refractivity contribution in [3.63, 3.8) is 0 Å². The van der Waals surface area contributed by atoms with E-state index in [1.165, 1.54) is 86.6 Å². The molecule has 11 aromatic rings.